The lowest BCUT2D eigenvalue weighted by Gasteiger charge is -2.24. The number of aliphatic hydroxyl groups excluding tert-OH is 1. The smallest absolute Gasteiger partial charge is 0.326 e. The van der Waals surface area contributed by atoms with E-state index in [4.69, 9.17) is 26.8 Å². The van der Waals surface area contributed by atoms with Crippen LogP contribution in [0.15, 0.2) is 0 Å². The zero-order valence-corrected chi connectivity index (χ0v) is 16.8. The third-order valence-corrected chi connectivity index (χ3v) is 3.87. The number of primary amides is 1. The van der Waals surface area contributed by atoms with Crippen molar-refractivity contribution in [1.29, 1.82) is 0 Å². The molecule has 0 bridgehead atoms. The van der Waals surface area contributed by atoms with Crippen LogP contribution in [0.1, 0.15) is 26.2 Å². The van der Waals surface area contributed by atoms with Gasteiger partial charge in [0.25, 0.3) is 0 Å². The second kappa shape index (κ2) is 12.8. The molecule has 0 aliphatic heterocycles. The Kier molecular flexibility index (Phi) is 11.3. The molecule has 11 N–H and O–H groups in total. The van der Waals surface area contributed by atoms with Gasteiger partial charge in [-0.3, -0.25) is 28.8 Å². The van der Waals surface area contributed by atoms with Crippen molar-refractivity contribution in [3.63, 3.8) is 0 Å². The maximum absolute atomic E-state index is 12.4. The zero-order chi connectivity index (χ0) is 25.2. The summed E-state index contributed by atoms with van der Waals surface area (Å²) >= 11 is 0. The topological polar surface area (TPSA) is 289 Å². The Bertz CT molecular complexity index is 769. The van der Waals surface area contributed by atoms with E-state index in [1.807, 2.05) is 16.0 Å². The fourth-order valence-electron chi connectivity index (χ4n) is 2.20. The van der Waals surface area contributed by atoms with Gasteiger partial charge in [0.1, 0.15) is 24.2 Å². The van der Waals surface area contributed by atoms with E-state index in [0.29, 0.717) is 0 Å². The van der Waals surface area contributed by atoms with Gasteiger partial charge in [-0.25, -0.2) is 4.79 Å². The number of rotatable bonds is 14. The van der Waals surface area contributed by atoms with Crippen molar-refractivity contribution in [2.24, 2.45) is 11.5 Å². The predicted octanol–water partition coefficient (Wildman–Crippen LogP) is -4.94. The molecular weight excluding hydrogens is 438 g/mol. The molecule has 16 nitrogen and oxygen atoms in total. The highest BCUT2D eigenvalue weighted by Crippen LogP contribution is 2.02. The Morgan fingerprint density at radius 2 is 1.09 bits per heavy atom. The third kappa shape index (κ3) is 10.3. The molecule has 180 valence electrons. The highest BCUT2D eigenvalue weighted by Gasteiger charge is 2.33. The average Bonchev–Trinajstić information content (AvgIpc) is 2.64. The molecule has 0 aliphatic carbocycles. The Hall–Kier alpha value is -3.79. The molecule has 5 atom stereocenters. The second-order valence-corrected chi connectivity index (χ2v) is 6.65. The van der Waals surface area contributed by atoms with Crippen LogP contribution in [-0.2, 0) is 33.6 Å². The standard InChI is InChI=1S/C16H25N5O11/c1-5(22)12(18)15(30)20-7(4-11(26)27)13(28)19-6(3-10(24)25)14(29)21-8(16(31)32)2-9(17)23/h5-8,12,22H,2-4,18H2,1H3,(H2,17,23)(H,19,28)(H,20,30)(H,21,29)(H,24,25)(H,26,27)(H,31,32). The summed E-state index contributed by atoms with van der Waals surface area (Å²) in [7, 11) is 0. The van der Waals surface area contributed by atoms with Crippen LogP contribution in [0.25, 0.3) is 0 Å². The second-order valence-electron chi connectivity index (χ2n) is 6.65. The van der Waals surface area contributed by atoms with Gasteiger partial charge >= 0.3 is 17.9 Å². The van der Waals surface area contributed by atoms with Gasteiger partial charge in [-0.1, -0.05) is 0 Å². The summed E-state index contributed by atoms with van der Waals surface area (Å²) in [4.78, 5) is 80.9. The quantitative estimate of drug-likeness (QED) is 0.117. The van der Waals surface area contributed by atoms with Crippen molar-refractivity contribution >= 4 is 41.5 Å². The Morgan fingerprint density at radius 1 is 0.719 bits per heavy atom. The Labute approximate surface area is 180 Å². The van der Waals surface area contributed by atoms with Crippen molar-refractivity contribution in [1.82, 2.24) is 16.0 Å². The zero-order valence-electron chi connectivity index (χ0n) is 16.8. The van der Waals surface area contributed by atoms with Crippen LogP contribution in [0.2, 0.25) is 0 Å². The molecule has 0 aromatic rings. The SMILES string of the molecule is CC(O)C(N)C(=O)NC(CC(=O)O)C(=O)NC(CC(=O)O)C(=O)NC(CC(N)=O)C(=O)O. The molecule has 0 fully saturated rings. The summed E-state index contributed by atoms with van der Waals surface area (Å²) in [6.07, 6.45) is -4.23. The van der Waals surface area contributed by atoms with Crippen LogP contribution in [0.4, 0.5) is 0 Å². The minimum absolute atomic E-state index is 0.830. The molecule has 0 spiro atoms. The van der Waals surface area contributed by atoms with E-state index in [1.54, 1.807) is 0 Å². The van der Waals surface area contributed by atoms with Gasteiger partial charge in [0, 0.05) is 0 Å². The van der Waals surface area contributed by atoms with E-state index >= 15 is 0 Å². The highest BCUT2D eigenvalue weighted by molar-refractivity contribution is 5.97. The number of nitrogens with two attached hydrogens (primary N) is 2. The van der Waals surface area contributed by atoms with Crippen LogP contribution in [0.5, 0.6) is 0 Å². The van der Waals surface area contributed by atoms with E-state index in [-0.39, 0.29) is 0 Å². The molecule has 32 heavy (non-hydrogen) atoms. The first kappa shape index (κ1) is 28.2. The van der Waals surface area contributed by atoms with Crippen LogP contribution < -0.4 is 27.4 Å². The van der Waals surface area contributed by atoms with Gasteiger partial charge in [0.05, 0.1) is 25.4 Å². The maximum Gasteiger partial charge on any atom is 0.326 e. The Balaban J connectivity index is 5.58. The summed E-state index contributed by atoms with van der Waals surface area (Å²) in [6.45, 7) is 1.16. The number of hydrogen-bond acceptors (Lipinski definition) is 9. The lowest BCUT2D eigenvalue weighted by atomic mass is 10.1. The maximum atomic E-state index is 12.4. The van der Waals surface area contributed by atoms with Gasteiger partial charge in [0.2, 0.25) is 23.6 Å². The van der Waals surface area contributed by atoms with Gasteiger partial charge in [-0.15, -0.1) is 0 Å². The molecule has 0 heterocycles. The molecule has 0 saturated heterocycles. The molecule has 0 saturated carbocycles. The van der Waals surface area contributed by atoms with Gasteiger partial charge in [-0.05, 0) is 6.92 Å². The van der Waals surface area contributed by atoms with E-state index in [9.17, 15) is 38.7 Å². The number of nitrogens with one attached hydrogen (secondary N) is 3. The van der Waals surface area contributed by atoms with E-state index in [0.717, 1.165) is 6.92 Å². The summed E-state index contributed by atoms with van der Waals surface area (Å²) in [5.41, 5.74) is 10.3. The predicted molar refractivity (Wildman–Crippen MR) is 101 cm³/mol. The van der Waals surface area contributed by atoms with Gasteiger partial charge in [-0.2, -0.15) is 0 Å². The van der Waals surface area contributed by atoms with E-state index in [1.165, 1.54) is 0 Å². The van der Waals surface area contributed by atoms with Gasteiger partial charge < -0.3 is 47.8 Å². The number of carbonyl (C=O) groups excluding carboxylic acids is 4. The summed E-state index contributed by atoms with van der Waals surface area (Å²) in [5.74, 6) is -9.63. The normalized spacial score (nSPS) is 15.2. The third-order valence-electron chi connectivity index (χ3n) is 3.87. The molecule has 16 heteroatoms. The largest absolute Gasteiger partial charge is 0.481 e. The molecule has 0 rings (SSSR count). The number of amides is 4. The minimum Gasteiger partial charge on any atom is -0.481 e. The number of hydrogen-bond donors (Lipinski definition) is 9. The molecule has 0 aromatic carbocycles. The van der Waals surface area contributed by atoms with Crippen molar-refractivity contribution in [3.05, 3.63) is 0 Å². The number of aliphatic hydroxyl groups is 1. The summed E-state index contributed by atoms with van der Waals surface area (Å²) < 4.78 is 0. The number of carbonyl (C=O) groups is 7. The van der Waals surface area contributed by atoms with Crippen molar-refractivity contribution in [2.75, 3.05) is 0 Å². The van der Waals surface area contributed by atoms with Gasteiger partial charge in [0.15, 0.2) is 0 Å². The van der Waals surface area contributed by atoms with Crippen LogP contribution >= 0.6 is 0 Å². The first-order chi connectivity index (χ1) is 14.6. The first-order valence-corrected chi connectivity index (χ1v) is 8.95. The van der Waals surface area contributed by atoms with Crippen molar-refractivity contribution in [2.45, 2.75) is 56.5 Å². The highest BCUT2D eigenvalue weighted by atomic mass is 16.4. The molecule has 0 aliphatic rings. The Morgan fingerprint density at radius 3 is 1.41 bits per heavy atom. The monoisotopic (exact) mass is 463 g/mol. The van der Waals surface area contributed by atoms with Crippen molar-refractivity contribution in [3.8, 4) is 0 Å². The van der Waals surface area contributed by atoms with E-state index < -0.39 is 91.1 Å². The first-order valence-electron chi connectivity index (χ1n) is 8.95. The summed E-state index contributed by atoms with van der Waals surface area (Å²) in [6, 6.07) is -7.09. The molecular formula is C16H25N5O11. The van der Waals surface area contributed by atoms with Crippen LogP contribution in [-0.4, -0.2) is 92.2 Å². The molecule has 4 amide bonds. The van der Waals surface area contributed by atoms with Crippen LogP contribution in [0.3, 0.4) is 0 Å². The van der Waals surface area contributed by atoms with Crippen molar-refractivity contribution < 1.29 is 54.0 Å². The molecule has 0 radical (unpaired) electrons. The number of aliphatic carboxylic acids is 3. The lowest BCUT2D eigenvalue weighted by Crippen LogP contribution is -2.59. The summed E-state index contributed by atoms with van der Waals surface area (Å²) in [5, 5.41) is 42.0. The molecule has 5 unspecified atom stereocenters. The fourth-order valence-corrected chi connectivity index (χ4v) is 2.20. The number of carboxylic acids is 3. The lowest BCUT2D eigenvalue weighted by molar-refractivity contribution is -0.145. The average molecular weight is 463 g/mol. The number of carboxylic acid groups (broad SMARTS) is 3. The fraction of sp³-hybridized carbons (Fsp3) is 0.562. The van der Waals surface area contributed by atoms with E-state index in [2.05, 4.69) is 0 Å². The van der Waals surface area contributed by atoms with Crippen LogP contribution in [0, 0.1) is 0 Å². The minimum atomic E-state index is -1.91. The molecule has 0 aromatic heterocycles.